The molecule has 3 rings (SSSR count). The standard InChI is InChI=1S/C14H18N4O2/c19-13(20)10-2-1-3-11-12(10)18-14(17-11)16-8-9-4-6-15-7-5-9/h1-3,9,15H,4-8H2,(H,19,20)(H2,16,17,18). The number of benzene rings is 1. The largest absolute Gasteiger partial charge is 0.478 e. The summed E-state index contributed by atoms with van der Waals surface area (Å²) in [6, 6.07) is 5.13. The number of hydrogen-bond acceptors (Lipinski definition) is 4. The van der Waals surface area contributed by atoms with Gasteiger partial charge in [0.05, 0.1) is 11.1 Å². The van der Waals surface area contributed by atoms with Crippen LogP contribution in [-0.2, 0) is 0 Å². The van der Waals surface area contributed by atoms with E-state index < -0.39 is 5.97 Å². The number of rotatable bonds is 4. The van der Waals surface area contributed by atoms with Crippen molar-refractivity contribution in [1.29, 1.82) is 0 Å². The van der Waals surface area contributed by atoms with E-state index in [1.54, 1.807) is 12.1 Å². The molecule has 2 aromatic rings. The second kappa shape index (κ2) is 5.50. The molecule has 1 aromatic carbocycles. The van der Waals surface area contributed by atoms with Gasteiger partial charge in [0, 0.05) is 6.54 Å². The van der Waals surface area contributed by atoms with Crippen molar-refractivity contribution < 1.29 is 9.90 Å². The van der Waals surface area contributed by atoms with Crippen molar-refractivity contribution in [3.63, 3.8) is 0 Å². The molecule has 106 valence electrons. The summed E-state index contributed by atoms with van der Waals surface area (Å²) < 4.78 is 0. The smallest absolute Gasteiger partial charge is 0.337 e. The van der Waals surface area contributed by atoms with Gasteiger partial charge in [-0.15, -0.1) is 0 Å². The van der Waals surface area contributed by atoms with Crippen LogP contribution < -0.4 is 10.6 Å². The zero-order valence-corrected chi connectivity index (χ0v) is 11.1. The van der Waals surface area contributed by atoms with Crippen LogP contribution in [0.2, 0.25) is 0 Å². The molecule has 4 N–H and O–H groups in total. The number of carboxylic acid groups (broad SMARTS) is 1. The van der Waals surface area contributed by atoms with Crippen molar-refractivity contribution in [3.8, 4) is 0 Å². The predicted octanol–water partition coefficient (Wildman–Crippen LogP) is 1.67. The Hall–Kier alpha value is -2.08. The summed E-state index contributed by atoms with van der Waals surface area (Å²) in [5.41, 5.74) is 1.49. The third-order valence-corrected chi connectivity index (χ3v) is 3.76. The first-order valence-corrected chi connectivity index (χ1v) is 6.90. The second-order valence-electron chi connectivity index (χ2n) is 5.17. The number of imidazole rings is 1. The van der Waals surface area contributed by atoms with E-state index in [0.29, 0.717) is 17.4 Å². The van der Waals surface area contributed by atoms with Crippen LogP contribution in [-0.4, -0.2) is 40.7 Å². The molecule has 6 nitrogen and oxygen atoms in total. The Morgan fingerprint density at radius 3 is 2.95 bits per heavy atom. The number of aromatic carboxylic acids is 1. The average molecular weight is 274 g/mol. The third-order valence-electron chi connectivity index (χ3n) is 3.76. The van der Waals surface area contributed by atoms with E-state index in [1.165, 1.54) is 0 Å². The van der Waals surface area contributed by atoms with E-state index in [1.807, 2.05) is 6.07 Å². The molecular weight excluding hydrogens is 256 g/mol. The van der Waals surface area contributed by atoms with Crippen molar-refractivity contribution in [1.82, 2.24) is 15.3 Å². The third kappa shape index (κ3) is 2.60. The van der Waals surface area contributed by atoms with Crippen LogP contribution in [0.5, 0.6) is 0 Å². The van der Waals surface area contributed by atoms with Gasteiger partial charge in [0.25, 0.3) is 0 Å². The fraction of sp³-hybridized carbons (Fsp3) is 0.429. The summed E-state index contributed by atoms with van der Waals surface area (Å²) in [6.45, 7) is 3.00. The van der Waals surface area contributed by atoms with Crippen molar-refractivity contribution in [2.45, 2.75) is 12.8 Å². The highest BCUT2D eigenvalue weighted by Gasteiger charge is 2.15. The number of para-hydroxylation sites is 1. The lowest BCUT2D eigenvalue weighted by Gasteiger charge is -2.22. The number of nitrogens with one attached hydrogen (secondary N) is 3. The quantitative estimate of drug-likeness (QED) is 0.681. The highest BCUT2D eigenvalue weighted by molar-refractivity contribution is 6.01. The molecule has 6 heteroatoms. The van der Waals surface area contributed by atoms with Crippen LogP contribution >= 0.6 is 0 Å². The van der Waals surface area contributed by atoms with Gasteiger partial charge in [-0.2, -0.15) is 0 Å². The predicted molar refractivity (Wildman–Crippen MR) is 77.1 cm³/mol. The Labute approximate surface area is 116 Å². The number of fused-ring (bicyclic) bond motifs is 1. The molecule has 0 amide bonds. The van der Waals surface area contributed by atoms with Gasteiger partial charge in [-0.3, -0.25) is 0 Å². The fourth-order valence-corrected chi connectivity index (χ4v) is 2.62. The van der Waals surface area contributed by atoms with E-state index in [0.717, 1.165) is 38.0 Å². The highest BCUT2D eigenvalue weighted by Crippen LogP contribution is 2.19. The average Bonchev–Trinajstić information content (AvgIpc) is 2.88. The van der Waals surface area contributed by atoms with Gasteiger partial charge < -0.3 is 20.7 Å². The van der Waals surface area contributed by atoms with E-state index in [-0.39, 0.29) is 5.56 Å². The molecule has 1 aromatic heterocycles. The number of H-pyrrole nitrogens is 1. The zero-order valence-electron chi connectivity index (χ0n) is 11.1. The van der Waals surface area contributed by atoms with Gasteiger partial charge >= 0.3 is 5.97 Å². The lowest BCUT2D eigenvalue weighted by atomic mass is 9.98. The van der Waals surface area contributed by atoms with Crippen LogP contribution in [0.4, 0.5) is 5.95 Å². The van der Waals surface area contributed by atoms with Gasteiger partial charge in [0.1, 0.15) is 5.52 Å². The molecule has 1 fully saturated rings. The number of aromatic amines is 1. The molecule has 0 bridgehead atoms. The number of hydrogen-bond donors (Lipinski definition) is 4. The maximum absolute atomic E-state index is 11.1. The van der Waals surface area contributed by atoms with Crippen LogP contribution in [0.15, 0.2) is 18.2 Å². The molecular formula is C14H18N4O2. The lowest BCUT2D eigenvalue weighted by Crippen LogP contribution is -2.31. The van der Waals surface area contributed by atoms with Crippen LogP contribution in [0.25, 0.3) is 11.0 Å². The second-order valence-corrected chi connectivity index (χ2v) is 5.17. The number of carboxylic acids is 1. The number of carbonyl (C=O) groups is 1. The molecule has 0 aliphatic carbocycles. The fourth-order valence-electron chi connectivity index (χ4n) is 2.62. The first-order chi connectivity index (χ1) is 9.74. The highest BCUT2D eigenvalue weighted by atomic mass is 16.4. The lowest BCUT2D eigenvalue weighted by molar-refractivity contribution is 0.0699. The Balaban J connectivity index is 1.75. The van der Waals surface area contributed by atoms with Gasteiger partial charge in [0.2, 0.25) is 5.95 Å². The molecule has 1 aliphatic rings. The molecule has 0 atom stereocenters. The van der Waals surface area contributed by atoms with E-state index >= 15 is 0 Å². The van der Waals surface area contributed by atoms with Crippen molar-refractivity contribution in [2.75, 3.05) is 25.0 Å². The van der Waals surface area contributed by atoms with E-state index in [9.17, 15) is 4.79 Å². The number of aromatic nitrogens is 2. The van der Waals surface area contributed by atoms with Crippen molar-refractivity contribution >= 4 is 23.0 Å². The topological polar surface area (TPSA) is 90.0 Å². The Bertz CT molecular complexity index is 617. The van der Waals surface area contributed by atoms with Crippen LogP contribution in [0.3, 0.4) is 0 Å². The van der Waals surface area contributed by atoms with Crippen LogP contribution in [0.1, 0.15) is 23.2 Å². The number of anilines is 1. The first kappa shape index (κ1) is 12.9. The Morgan fingerprint density at radius 1 is 1.40 bits per heavy atom. The normalized spacial score (nSPS) is 16.4. The number of piperidine rings is 1. The maximum Gasteiger partial charge on any atom is 0.337 e. The summed E-state index contributed by atoms with van der Waals surface area (Å²) in [6.07, 6.45) is 2.32. The summed E-state index contributed by atoms with van der Waals surface area (Å²) in [7, 11) is 0. The van der Waals surface area contributed by atoms with Gasteiger partial charge in [-0.05, 0) is 44.0 Å². The summed E-state index contributed by atoms with van der Waals surface area (Å²) >= 11 is 0. The first-order valence-electron chi connectivity index (χ1n) is 6.90. The zero-order chi connectivity index (χ0) is 13.9. The van der Waals surface area contributed by atoms with E-state index in [2.05, 4.69) is 20.6 Å². The monoisotopic (exact) mass is 274 g/mol. The molecule has 1 aliphatic heterocycles. The van der Waals surface area contributed by atoms with Crippen molar-refractivity contribution in [2.24, 2.45) is 5.92 Å². The SMILES string of the molecule is O=C(O)c1cccc2[nH]c(NCC3CCNCC3)nc12. The van der Waals surface area contributed by atoms with Crippen molar-refractivity contribution in [3.05, 3.63) is 23.8 Å². The summed E-state index contributed by atoms with van der Waals surface area (Å²) in [5.74, 6) is 0.336. The maximum atomic E-state index is 11.1. The number of nitrogens with zero attached hydrogens (tertiary/aromatic N) is 1. The molecule has 1 saturated heterocycles. The van der Waals surface area contributed by atoms with Gasteiger partial charge in [-0.1, -0.05) is 6.07 Å². The molecule has 0 radical (unpaired) electrons. The molecule has 20 heavy (non-hydrogen) atoms. The minimum atomic E-state index is -0.952. The summed E-state index contributed by atoms with van der Waals surface area (Å²) in [4.78, 5) is 18.6. The van der Waals surface area contributed by atoms with E-state index in [4.69, 9.17) is 5.11 Å². The summed E-state index contributed by atoms with van der Waals surface area (Å²) in [5, 5.41) is 15.8. The van der Waals surface area contributed by atoms with Gasteiger partial charge in [0.15, 0.2) is 0 Å². The minimum absolute atomic E-state index is 0.230. The Morgan fingerprint density at radius 2 is 2.20 bits per heavy atom. The molecule has 2 heterocycles. The van der Waals surface area contributed by atoms with Crippen LogP contribution in [0, 0.1) is 5.92 Å². The molecule has 0 saturated carbocycles. The Kier molecular flexibility index (Phi) is 3.56. The molecule has 0 unspecified atom stereocenters. The minimum Gasteiger partial charge on any atom is -0.478 e. The van der Waals surface area contributed by atoms with Gasteiger partial charge in [-0.25, -0.2) is 9.78 Å². The molecule has 0 spiro atoms.